The molecule has 2 aromatic carbocycles. The van der Waals surface area contributed by atoms with Gasteiger partial charge in [0.1, 0.15) is 23.2 Å². The number of nitrogens with zero attached hydrogens (tertiary/aromatic N) is 2. The van der Waals surface area contributed by atoms with Crippen molar-refractivity contribution in [3.8, 4) is 34.2 Å². The van der Waals surface area contributed by atoms with Gasteiger partial charge in [0.25, 0.3) is 0 Å². The lowest BCUT2D eigenvalue weighted by molar-refractivity contribution is 0.416. The normalized spacial score (nSPS) is 10.9. The number of aromatic nitrogens is 1. The van der Waals surface area contributed by atoms with Crippen LogP contribution in [0.5, 0.6) is 5.75 Å². The molecule has 0 bridgehead atoms. The third-order valence-electron chi connectivity index (χ3n) is 4.02. The van der Waals surface area contributed by atoms with Gasteiger partial charge in [-0.1, -0.05) is 30.3 Å². The first-order valence-electron chi connectivity index (χ1n) is 8.24. The highest BCUT2D eigenvalue weighted by Gasteiger charge is 2.16. The predicted octanol–water partition coefficient (Wildman–Crippen LogP) is 3.25. The van der Waals surface area contributed by atoms with E-state index in [9.17, 15) is 13.7 Å². The largest absolute Gasteiger partial charge is 0.496 e. The summed E-state index contributed by atoms with van der Waals surface area (Å²) in [5.41, 5.74) is 9.17. The second-order valence-corrected chi connectivity index (χ2v) is 7.83. The lowest BCUT2D eigenvalue weighted by atomic mass is 9.97. The van der Waals surface area contributed by atoms with Crippen LogP contribution in [0.15, 0.2) is 54.6 Å². The summed E-state index contributed by atoms with van der Waals surface area (Å²) in [6.45, 7) is 0. The minimum absolute atomic E-state index is 0.0855. The smallest absolute Gasteiger partial charge is 0.229 e. The van der Waals surface area contributed by atoms with Crippen LogP contribution in [0.3, 0.4) is 0 Å². The first-order chi connectivity index (χ1) is 13.3. The van der Waals surface area contributed by atoms with Gasteiger partial charge in [0.05, 0.1) is 19.1 Å². The number of nitrogen functional groups attached to an aromatic ring is 1. The number of anilines is 2. The number of nitrogens with one attached hydrogen (secondary N) is 1. The zero-order valence-corrected chi connectivity index (χ0v) is 16.1. The Bertz CT molecular complexity index is 1180. The molecule has 142 valence electrons. The highest BCUT2D eigenvalue weighted by Crippen LogP contribution is 2.36. The molecule has 0 unspecified atom stereocenters. The SMILES string of the molecule is COc1ccccc1-c1cc(-c2cccc(NS(C)(=O)=O)c2)nc(N)c1C#N. The van der Waals surface area contributed by atoms with Crippen LogP contribution in [-0.4, -0.2) is 26.8 Å². The zero-order chi connectivity index (χ0) is 20.3. The molecule has 7 nitrogen and oxygen atoms in total. The van der Waals surface area contributed by atoms with E-state index in [2.05, 4.69) is 15.8 Å². The molecule has 0 saturated carbocycles. The number of methoxy groups -OCH3 is 1. The molecule has 0 amide bonds. The van der Waals surface area contributed by atoms with E-state index in [1.807, 2.05) is 18.2 Å². The van der Waals surface area contributed by atoms with Crippen LogP contribution in [0.2, 0.25) is 0 Å². The number of sulfonamides is 1. The molecule has 1 aromatic heterocycles. The summed E-state index contributed by atoms with van der Waals surface area (Å²) in [5.74, 6) is 0.686. The van der Waals surface area contributed by atoms with Crippen LogP contribution in [-0.2, 0) is 10.0 Å². The lowest BCUT2D eigenvalue weighted by Gasteiger charge is -2.13. The van der Waals surface area contributed by atoms with E-state index >= 15 is 0 Å². The molecule has 3 rings (SSSR count). The van der Waals surface area contributed by atoms with Gasteiger partial charge in [-0.15, -0.1) is 0 Å². The second-order valence-electron chi connectivity index (χ2n) is 6.08. The van der Waals surface area contributed by atoms with Gasteiger partial charge in [-0.05, 0) is 24.3 Å². The van der Waals surface area contributed by atoms with Gasteiger partial charge < -0.3 is 10.5 Å². The topological polar surface area (TPSA) is 118 Å². The Kier molecular flexibility index (Phi) is 5.20. The van der Waals surface area contributed by atoms with Gasteiger partial charge in [-0.2, -0.15) is 5.26 Å². The van der Waals surface area contributed by atoms with E-state index in [1.165, 1.54) is 0 Å². The number of nitrogens with two attached hydrogens (primary N) is 1. The molecule has 3 N–H and O–H groups in total. The summed E-state index contributed by atoms with van der Waals surface area (Å²) in [6, 6.07) is 17.9. The second kappa shape index (κ2) is 7.58. The Morgan fingerprint density at radius 3 is 2.54 bits per heavy atom. The average Bonchev–Trinajstić information content (AvgIpc) is 2.66. The fraction of sp³-hybridized carbons (Fsp3) is 0.100. The first-order valence-corrected chi connectivity index (χ1v) is 10.1. The highest BCUT2D eigenvalue weighted by molar-refractivity contribution is 7.92. The Hall–Kier alpha value is -3.57. The van der Waals surface area contributed by atoms with E-state index in [0.717, 1.165) is 6.26 Å². The lowest BCUT2D eigenvalue weighted by Crippen LogP contribution is -2.09. The van der Waals surface area contributed by atoms with Gasteiger partial charge in [0.2, 0.25) is 10.0 Å². The highest BCUT2D eigenvalue weighted by atomic mass is 32.2. The predicted molar refractivity (Wildman–Crippen MR) is 109 cm³/mol. The van der Waals surface area contributed by atoms with Crippen LogP contribution in [0.1, 0.15) is 5.56 Å². The Balaban J connectivity index is 2.19. The third-order valence-corrected chi connectivity index (χ3v) is 4.62. The molecule has 3 aromatic rings. The van der Waals surface area contributed by atoms with Crippen molar-refractivity contribution >= 4 is 21.5 Å². The van der Waals surface area contributed by atoms with Crippen LogP contribution in [0.25, 0.3) is 22.4 Å². The summed E-state index contributed by atoms with van der Waals surface area (Å²) < 4.78 is 30.8. The minimum atomic E-state index is -3.41. The minimum Gasteiger partial charge on any atom is -0.496 e. The summed E-state index contributed by atoms with van der Waals surface area (Å²) >= 11 is 0. The van der Waals surface area contributed by atoms with E-state index in [-0.39, 0.29) is 11.4 Å². The van der Waals surface area contributed by atoms with Crippen molar-refractivity contribution < 1.29 is 13.2 Å². The number of rotatable bonds is 5. The van der Waals surface area contributed by atoms with Crippen molar-refractivity contribution in [1.29, 1.82) is 5.26 Å². The molecule has 0 radical (unpaired) electrons. The molecule has 0 fully saturated rings. The summed E-state index contributed by atoms with van der Waals surface area (Å²) in [7, 11) is -1.86. The number of hydrogen-bond acceptors (Lipinski definition) is 6. The van der Waals surface area contributed by atoms with Crippen molar-refractivity contribution in [2.24, 2.45) is 0 Å². The monoisotopic (exact) mass is 394 g/mol. The molecule has 8 heteroatoms. The zero-order valence-electron chi connectivity index (χ0n) is 15.3. The molecule has 0 aliphatic carbocycles. The van der Waals surface area contributed by atoms with Crippen molar-refractivity contribution in [1.82, 2.24) is 4.98 Å². The number of pyridine rings is 1. The van der Waals surface area contributed by atoms with Gasteiger partial charge >= 0.3 is 0 Å². The van der Waals surface area contributed by atoms with Gasteiger partial charge in [0.15, 0.2) is 0 Å². The van der Waals surface area contributed by atoms with E-state index < -0.39 is 10.0 Å². The molecule has 0 aliphatic heterocycles. The average molecular weight is 394 g/mol. The molecule has 0 atom stereocenters. The quantitative estimate of drug-likeness (QED) is 0.686. The number of para-hydroxylation sites is 1. The van der Waals surface area contributed by atoms with Crippen molar-refractivity contribution in [2.45, 2.75) is 0 Å². The molecular weight excluding hydrogens is 376 g/mol. The third kappa shape index (κ3) is 4.05. The first kappa shape index (κ1) is 19.2. The maximum absolute atomic E-state index is 11.5. The Morgan fingerprint density at radius 1 is 1.11 bits per heavy atom. The number of hydrogen-bond donors (Lipinski definition) is 2. The van der Waals surface area contributed by atoms with E-state index in [0.29, 0.717) is 33.8 Å². The van der Waals surface area contributed by atoms with E-state index in [4.69, 9.17) is 10.5 Å². The molecule has 0 saturated heterocycles. The molecule has 28 heavy (non-hydrogen) atoms. The molecule has 1 heterocycles. The maximum Gasteiger partial charge on any atom is 0.229 e. The van der Waals surface area contributed by atoms with Crippen molar-refractivity contribution in [2.75, 3.05) is 23.8 Å². The fourth-order valence-electron chi connectivity index (χ4n) is 2.87. The van der Waals surface area contributed by atoms with E-state index in [1.54, 1.807) is 43.5 Å². The molecular formula is C20H18N4O3S. The van der Waals surface area contributed by atoms with Gasteiger partial charge in [0, 0.05) is 22.4 Å². The van der Waals surface area contributed by atoms with Crippen LogP contribution in [0.4, 0.5) is 11.5 Å². The molecule has 0 spiro atoms. The summed E-state index contributed by atoms with van der Waals surface area (Å²) in [4.78, 5) is 4.33. The Morgan fingerprint density at radius 2 is 1.86 bits per heavy atom. The summed E-state index contributed by atoms with van der Waals surface area (Å²) in [6.07, 6.45) is 1.08. The Labute approximate surface area is 163 Å². The maximum atomic E-state index is 11.5. The van der Waals surface area contributed by atoms with Gasteiger partial charge in [-0.3, -0.25) is 4.72 Å². The number of ether oxygens (including phenoxy) is 1. The summed E-state index contributed by atoms with van der Waals surface area (Å²) in [5, 5.41) is 9.57. The fourth-order valence-corrected chi connectivity index (χ4v) is 3.42. The van der Waals surface area contributed by atoms with Crippen LogP contribution in [0, 0.1) is 11.3 Å². The van der Waals surface area contributed by atoms with Gasteiger partial charge in [-0.25, -0.2) is 13.4 Å². The van der Waals surface area contributed by atoms with Crippen LogP contribution >= 0.6 is 0 Å². The van der Waals surface area contributed by atoms with Crippen molar-refractivity contribution in [3.63, 3.8) is 0 Å². The standard InChI is InChI=1S/C20H18N4O3S/c1-27-19-9-4-3-8-15(19)16-11-18(23-20(22)17(16)12-21)13-6-5-7-14(10-13)24-28(2,25)26/h3-11,24H,1-2H3,(H2,22,23). The molecule has 0 aliphatic rings. The number of benzene rings is 2. The number of nitriles is 1. The van der Waals surface area contributed by atoms with Crippen molar-refractivity contribution in [3.05, 3.63) is 60.2 Å². The van der Waals surface area contributed by atoms with Crippen LogP contribution < -0.4 is 15.2 Å².